The van der Waals surface area contributed by atoms with Crippen LogP contribution in [0.4, 0.5) is 10.5 Å². The Balaban J connectivity index is 1.04. The molecule has 0 bridgehead atoms. The fourth-order valence-electron chi connectivity index (χ4n) is 5.86. The van der Waals surface area contributed by atoms with Crippen molar-refractivity contribution in [2.75, 3.05) is 58.2 Å². The molecule has 0 spiro atoms. The van der Waals surface area contributed by atoms with Crippen molar-refractivity contribution in [2.24, 2.45) is 5.92 Å². The molecule has 2 fully saturated rings. The van der Waals surface area contributed by atoms with Crippen LogP contribution in [0.3, 0.4) is 0 Å². The number of anilines is 1. The fourth-order valence-corrected chi connectivity index (χ4v) is 5.86. The summed E-state index contributed by atoms with van der Waals surface area (Å²) in [4.78, 5) is 32.5. The Kier molecular flexibility index (Phi) is 10.7. The van der Waals surface area contributed by atoms with Crippen molar-refractivity contribution >= 4 is 17.7 Å². The van der Waals surface area contributed by atoms with E-state index in [1.807, 2.05) is 73.8 Å². The minimum atomic E-state index is -0.423. The second kappa shape index (κ2) is 15.0. The SMILES string of the molecule is CC1CCN(CC2=CC=C(C(=O)N(C)CCN3CCC(OC(=O)Nc4ccccc4-c4ccccc4)CC3)C=C=C2)CC1. The third-order valence-electron chi connectivity index (χ3n) is 8.67. The zero-order valence-corrected chi connectivity index (χ0v) is 25.5. The summed E-state index contributed by atoms with van der Waals surface area (Å²) in [5.74, 6) is 0.825. The van der Waals surface area contributed by atoms with Crippen LogP contribution in [0.15, 0.2) is 95.8 Å². The number of ether oxygens (including phenoxy) is 1. The van der Waals surface area contributed by atoms with Gasteiger partial charge in [0.2, 0.25) is 0 Å². The molecule has 2 aromatic rings. The number of hydrogen-bond donors (Lipinski definition) is 1. The zero-order chi connectivity index (χ0) is 30.0. The second-order valence-corrected chi connectivity index (χ2v) is 12.0. The molecule has 7 nitrogen and oxygen atoms in total. The first-order valence-electron chi connectivity index (χ1n) is 15.6. The summed E-state index contributed by atoms with van der Waals surface area (Å²) in [7, 11) is 1.86. The van der Waals surface area contributed by atoms with E-state index in [0.717, 1.165) is 74.8 Å². The Morgan fingerprint density at radius 1 is 0.907 bits per heavy atom. The van der Waals surface area contributed by atoms with E-state index in [4.69, 9.17) is 4.74 Å². The lowest BCUT2D eigenvalue weighted by molar-refractivity contribution is -0.125. The minimum Gasteiger partial charge on any atom is -0.446 e. The topological polar surface area (TPSA) is 65.1 Å². The van der Waals surface area contributed by atoms with Crippen molar-refractivity contribution < 1.29 is 14.3 Å². The molecule has 1 aliphatic carbocycles. The first-order chi connectivity index (χ1) is 20.9. The predicted octanol–water partition coefficient (Wildman–Crippen LogP) is 6.13. The average Bonchev–Trinajstić information content (AvgIpc) is 3.27. The highest BCUT2D eigenvalue weighted by atomic mass is 16.6. The van der Waals surface area contributed by atoms with E-state index in [1.54, 1.807) is 11.0 Å². The lowest BCUT2D eigenvalue weighted by Crippen LogP contribution is -2.42. The molecule has 1 N–H and O–H groups in total. The molecule has 2 amide bonds. The lowest BCUT2D eigenvalue weighted by Gasteiger charge is -2.32. The maximum atomic E-state index is 13.1. The van der Waals surface area contributed by atoms with Gasteiger partial charge in [-0.15, -0.1) is 5.73 Å². The molecule has 0 aromatic heterocycles. The van der Waals surface area contributed by atoms with Gasteiger partial charge in [-0.2, -0.15) is 0 Å². The van der Waals surface area contributed by atoms with Crippen LogP contribution in [0.1, 0.15) is 32.6 Å². The molecular weight excluding hydrogens is 536 g/mol. The molecule has 0 radical (unpaired) electrons. The molecule has 7 heteroatoms. The number of benzene rings is 2. The molecule has 2 aliphatic heterocycles. The van der Waals surface area contributed by atoms with Gasteiger partial charge >= 0.3 is 6.09 Å². The highest BCUT2D eigenvalue weighted by Crippen LogP contribution is 2.28. The van der Waals surface area contributed by atoms with Gasteiger partial charge in [0.05, 0.1) is 5.69 Å². The molecular formula is C36H44N4O3. The van der Waals surface area contributed by atoms with Gasteiger partial charge in [0.25, 0.3) is 5.91 Å². The number of nitrogens with one attached hydrogen (secondary N) is 1. The zero-order valence-electron chi connectivity index (χ0n) is 25.5. The van der Waals surface area contributed by atoms with Gasteiger partial charge in [-0.25, -0.2) is 4.79 Å². The van der Waals surface area contributed by atoms with Crippen LogP contribution >= 0.6 is 0 Å². The largest absolute Gasteiger partial charge is 0.446 e. The number of carbonyl (C=O) groups excluding carboxylic acids is 2. The maximum Gasteiger partial charge on any atom is 0.411 e. The molecule has 43 heavy (non-hydrogen) atoms. The van der Waals surface area contributed by atoms with E-state index in [2.05, 4.69) is 33.8 Å². The first-order valence-corrected chi connectivity index (χ1v) is 15.6. The van der Waals surface area contributed by atoms with E-state index >= 15 is 0 Å². The highest BCUT2D eigenvalue weighted by Gasteiger charge is 2.24. The minimum absolute atomic E-state index is 0.0101. The maximum absolute atomic E-state index is 13.1. The molecule has 5 rings (SSSR count). The fraction of sp³-hybridized carbons (Fsp3) is 0.417. The van der Waals surface area contributed by atoms with Crippen LogP contribution in [0.2, 0.25) is 0 Å². The number of amides is 2. The van der Waals surface area contributed by atoms with Crippen LogP contribution in [0.25, 0.3) is 11.1 Å². The molecule has 0 atom stereocenters. The van der Waals surface area contributed by atoms with E-state index in [-0.39, 0.29) is 12.0 Å². The predicted molar refractivity (Wildman–Crippen MR) is 173 cm³/mol. The standard InChI is InChI=1S/C36H44N4O3/c1-28-17-21-40(22-18-28)27-29-9-8-12-31(16-15-29)35(41)38(2)25-26-39-23-19-32(20-24-39)43-36(42)37-34-14-7-6-13-33(34)30-10-4-3-5-11-30/h3-7,9-16,28,32H,17-27H2,1-2H3,(H,37,42). The van der Waals surface area contributed by atoms with Gasteiger partial charge in [0.1, 0.15) is 6.10 Å². The van der Waals surface area contributed by atoms with Gasteiger partial charge in [0.15, 0.2) is 0 Å². The number of piperidine rings is 2. The van der Waals surface area contributed by atoms with Gasteiger partial charge in [-0.05, 0) is 80.1 Å². The van der Waals surface area contributed by atoms with Crippen molar-refractivity contribution in [1.82, 2.24) is 14.7 Å². The van der Waals surface area contributed by atoms with Crippen molar-refractivity contribution in [3.05, 3.63) is 95.8 Å². The van der Waals surface area contributed by atoms with Crippen molar-refractivity contribution in [3.63, 3.8) is 0 Å². The van der Waals surface area contributed by atoms with Crippen molar-refractivity contribution in [2.45, 2.75) is 38.7 Å². The van der Waals surface area contributed by atoms with E-state index in [9.17, 15) is 9.59 Å². The van der Waals surface area contributed by atoms with Gasteiger partial charge in [-0.1, -0.05) is 61.5 Å². The quantitative estimate of drug-likeness (QED) is 0.362. The average molecular weight is 581 g/mol. The summed E-state index contributed by atoms with van der Waals surface area (Å²) in [5, 5.41) is 2.94. The Bertz CT molecular complexity index is 1380. The van der Waals surface area contributed by atoms with Crippen molar-refractivity contribution in [1.29, 1.82) is 0 Å². The first kappa shape index (κ1) is 30.6. The van der Waals surface area contributed by atoms with Crippen LogP contribution in [0, 0.1) is 5.92 Å². The number of nitrogens with zero attached hydrogens (tertiary/aromatic N) is 3. The summed E-state index contributed by atoms with van der Waals surface area (Å²) in [5.41, 5.74) is 7.81. The van der Waals surface area contributed by atoms with Crippen LogP contribution in [-0.2, 0) is 9.53 Å². The van der Waals surface area contributed by atoms with E-state index in [1.165, 1.54) is 18.4 Å². The van der Waals surface area contributed by atoms with Crippen LogP contribution < -0.4 is 5.32 Å². The number of para-hydroxylation sites is 1. The monoisotopic (exact) mass is 580 g/mol. The summed E-state index contributed by atoms with van der Waals surface area (Å²) < 4.78 is 5.78. The second-order valence-electron chi connectivity index (χ2n) is 12.0. The van der Waals surface area contributed by atoms with Gasteiger partial charge < -0.3 is 14.5 Å². The number of carbonyl (C=O) groups is 2. The van der Waals surface area contributed by atoms with Crippen molar-refractivity contribution in [3.8, 4) is 11.1 Å². The smallest absolute Gasteiger partial charge is 0.411 e. The lowest BCUT2D eigenvalue weighted by atomic mass is 9.99. The summed E-state index contributed by atoms with van der Waals surface area (Å²) in [6, 6.07) is 17.8. The summed E-state index contributed by atoms with van der Waals surface area (Å²) in [6.07, 6.45) is 11.3. The molecule has 2 saturated heterocycles. The molecule has 2 heterocycles. The number of allylic oxidation sites excluding steroid dienone is 2. The number of hydrogen-bond acceptors (Lipinski definition) is 5. The molecule has 226 valence electrons. The number of rotatable bonds is 9. The van der Waals surface area contributed by atoms with Crippen LogP contribution in [-0.4, -0.2) is 85.7 Å². The Morgan fingerprint density at radius 3 is 2.37 bits per heavy atom. The molecule has 0 unspecified atom stereocenters. The van der Waals surface area contributed by atoms with E-state index in [0.29, 0.717) is 12.1 Å². The van der Waals surface area contributed by atoms with E-state index < -0.39 is 6.09 Å². The Labute approximate surface area is 256 Å². The summed E-state index contributed by atoms with van der Waals surface area (Å²) in [6.45, 7) is 8.58. The van der Waals surface area contributed by atoms with Gasteiger partial charge in [-0.3, -0.25) is 15.0 Å². The molecule has 3 aliphatic rings. The number of likely N-dealkylation sites (N-methyl/N-ethyl adjacent to an activating group) is 1. The Morgan fingerprint density at radius 2 is 1.60 bits per heavy atom. The normalized spacial score (nSPS) is 18.5. The Hall–Kier alpha value is -3.90. The van der Waals surface area contributed by atoms with Crippen LogP contribution in [0.5, 0.6) is 0 Å². The molecule has 2 aromatic carbocycles. The van der Waals surface area contributed by atoms with Gasteiger partial charge in [0, 0.05) is 50.9 Å². The third-order valence-corrected chi connectivity index (χ3v) is 8.67. The molecule has 0 saturated carbocycles. The number of likely N-dealkylation sites (tertiary alicyclic amines) is 2. The summed E-state index contributed by atoms with van der Waals surface area (Å²) >= 11 is 0. The third kappa shape index (κ3) is 8.80. The highest BCUT2D eigenvalue weighted by molar-refractivity contribution is 5.96.